The zero-order valence-corrected chi connectivity index (χ0v) is 11.1. The molecule has 0 radical (unpaired) electrons. The van der Waals surface area contributed by atoms with Gasteiger partial charge in [-0.05, 0) is 36.6 Å². The van der Waals surface area contributed by atoms with Crippen LogP contribution >= 0.6 is 0 Å². The molecule has 4 nitrogen and oxygen atoms in total. The number of imide groups is 1. The first-order valence-corrected chi connectivity index (χ1v) is 6.77. The molecule has 1 aromatic rings. The van der Waals surface area contributed by atoms with Gasteiger partial charge in [0.05, 0.1) is 5.92 Å². The maximum atomic E-state index is 11.9. The molecule has 1 aromatic carbocycles. The van der Waals surface area contributed by atoms with Gasteiger partial charge in [0.25, 0.3) is 0 Å². The van der Waals surface area contributed by atoms with Crippen LogP contribution in [0.5, 0.6) is 0 Å². The normalized spacial score (nSPS) is 23.9. The van der Waals surface area contributed by atoms with E-state index in [1.807, 2.05) is 6.07 Å². The Morgan fingerprint density at radius 1 is 1.21 bits per heavy atom. The summed E-state index contributed by atoms with van der Waals surface area (Å²) in [5, 5.41) is 2.43. The Balaban J connectivity index is 1.86. The Labute approximate surface area is 112 Å². The molecule has 2 aliphatic heterocycles. The van der Waals surface area contributed by atoms with Gasteiger partial charge < -0.3 is 4.90 Å². The van der Waals surface area contributed by atoms with Crippen molar-refractivity contribution in [2.24, 2.45) is 0 Å². The number of carbonyl (C=O) groups excluding carboxylic acids is 2. The Hall–Kier alpha value is -1.68. The lowest BCUT2D eigenvalue weighted by Gasteiger charge is -2.27. The second-order valence-corrected chi connectivity index (χ2v) is 5.52. The van der Waals surface area contributed by atoms with E-state index < -0.39 is 0 Å². The summed E-state index contributed by atoms with van der Waals surface area (Å²) in [4.78, 5) is 25.4. The second kappa shape index (κ2) is 4.78. The highest BCUT2D eigenvalue weighted by Crippen LogP contribution is 2.28. The van der Waals surface area contributed by atoms with Crippen LogP contribution in [0, 0.1) is 0 Å². The topological polar surface area (TPSA) is 49.4 Å². The molecular weight excluding hydrogens is 240 g/mol. The zero-order chi connectivity index (χ0) is 13.4. The molecule has 0 saturated carbocycles. The number of nitrogens with one attached hydrogen (secondary N) is 1. The fraction of sp³-hybridized carbons (Fsp3) is 0.467. The van der Waals surface area contributed by atoms with Crippen LogP contribution in [0.15, 0.2) is 18.2 Å². The van der Waals surface area contributed by atoms with Gasteiger partial charge >= 0.3 is 0 Å². The minimum absolute atomic E-state index is 0.149. The number of rotatable bonds is 1. The van der Waals surface area contributed by atoms with Crippen molar-refractivity contribution in [3.63, 3.8) is 0 Å². The Kier molecular flexibility index (Phi) is 3.11. The molecular formula is C15H18N2O2. The van der Waals surface area contributed by atoms with E-state index in [0.717, 1.165) is 25.1 Å². The third-order valence-electron chi connectivity index (χ3n) is 4.07. The largest absolute Gasteiger partial charge is 0.302 e. The van der Waals surface area contributed by atoms with Crippen molar-refractivity contribution in [3.05, 3.63) is 34.9 Å². The lowest BCUT2D eigenvalue weighted by molar-refractivity contribution is -0.134. The highest BCUT2D eigenvalue weighted by Gasteiger charge is 2.28. The van der Waals surface area contributed by atoms with Gasteiger partial charge in [0.2, 0.25) is 11.8 Å². The highest BCUT2D eigenvalue weighted by molar-refractivity contribution is 6.00. The number of piperidine rings is 1. The van der Waals surface area contributed by atoms with E-state index in [-0.39, 0.29) is 17.7 Å². The van der Waals surface area contributed by atoms with Crippen LogP contribution in [0.25, 0.3) is 0 Å². The van der Waals surface area contributed by atoms with Crippen LogP contribution < -0.4 is 5.32 Å². The van der Waals surface area contributed by atoms with Gasteiger partial charge in [-0.2, -0.15) is 0 Å². The number of fused-ring (bicyclic) bond motifs is 1. The first-order valence-electron chi connectivity index (χ1n) is 6.77. The monoisotopic (exact) mass is 258 g/mol. The summed E-state index contributed by atoms with van der Waals surface area (Å²) in [5.41, 5.74) is 3.75. The fourth-order valence-electron chi connectivity index (χ4n) is 2.94. The van der Waals surface area contributed by atoms with Crippen LogP contribution in [-0.4, -0.2) is 30.3 Å². The molecule has 1 atom stereocenters. The zero-order valence-electron chi connectivity index (χ0n) is 11.1. The SMILES string of the molecule is CN1CCc2cc(C3CCC(=O)NC3=O)ccc2C1. The highest BCUT2D eigenvalue weighted by atomic mass is 16.2. The van der Waals surface area contributed by atoms with E-state index in [1.54, 1.807) is 0 Å². The van der Waals surface area contributed by atoms with E-state index in [1.165, 1.54) is 11.1 Å². The summed E-state index contributed by atoms with van der Waals surface area (Å²) >= 11 is 0. The van der Waals surface area contributed by atoms with Gasteiger partial charge in [-0.3, -0.25) is 14.9 Å². The lowest BCUT2D eigenvalue weighted by Crippen LogP contribution is -2.39. The number of hydrogen-bond donors (Lipinski definition) is 1. The molecule has 0 spiro atoms. The average Bonchev–Trinajstić information content (AvgIpc) is 2.38. The summed E-state index contributed by atoms with van der Waals surface area (Å²) < 4.78 is 0. The maximum absolute atomic E-state index is 11.9. The third kappa shape index (κ3) is 2.40. The summed E-state index contributed by atoms with van der Waals surface area (Å²) in [6, 6.07) is 6.32. The van der Waals surface area contributed by atoms with Crippen molar-refractivity contribution in [1.82, 2.24) is 10.2 Å². The summed E-state index contributed by atoms with van der Waals surface area (Å²) in [7, 11) is 2.12. The molecule has 4 heteroatoms. The molecule has 1 unspecified atom stereocenters. The summed E-state index contributed by atoms with van der Waals surface area (Å²) in [6.07, 6.45) is 2.10. The van der Waals surface area contributed by atoms with E-state index in [2.05, 4.69) is 29.4 Å². The number of likely N-dealkylation sites (N-methyl/N-ethyl adjacent to an activating group) is 1. The van der Waals surface area contributed by atoms with Crippen LogP contribution in [0.3, 0.4) is 0 Å². The van der Waals surface area contributed by atoms with Crippen molar-refractivity contribution in [2.75, 3.05) is 13.6 Å². The minimum atomic E-state index is -0.164. The molecule has 0 aliphatic carbocycles. The number of nitrogens with zero attached hydrogens (tertiary/aromatic N) is 1. The quantitative estimate of drug-likeness (QED) is 0.770. The number of carbonyl (C=O) groups is 2. The molecule has 0 bridgehead atoms. The van der Waals surface area contributed by atoms with Crippen molar-refractivity contribution >= 4 is 11.8 Å². The van der Waals surface area contributed by atoms with Gasteiger partial charge in [0, 0.05) is 19.5 Å². The predicted molar refractivity (Wildman–Crippen MR) is 71.6 cm³/mol. The summed E-state index contributed by atoms with van der Waals surface area (Å²) in [5.74, 6) is -0.465. The number of amides is 2. The van der Waals surface area contributed by atoms with Gasteiger partial charge in [0.15, 0.2) is 0 Å². The van der Waals surface area contributed by atoms with Gasteiger partial charge in [-0.1, -0.05) is 18.2 Å². The predicted octanol–water partition coefficient (Wildman–Crippen LogP) is 1.19. The van der Waals surface area contributed by atoms with Crippen molar-refractivity contribution < 1.29 is 9.59 Å². The smallest absolute Gasteiger partial charge is 0.234 e. The van der Waals surface area contributed by atoms with E-state index in [0.29, 0.717) is 12.8 Å². The third-order valence-corrected chi connectivity index (χ3v) is 4.07. The van der Waals surface area contributed by atoms with Crippen LogP contribution in [0.1, 0.15) is 35.4 Å². The molecule has 2 amide bonds. The van der Waals surface area contributed by atoms with E-state index in [9.17, 15) is 9.59 Å². The van der Waals surface area contributed by atoms with Crippen LogP contribution in [0.4, 0.5) is 0 Å². The molecule has 0 aromatic heterocycles. The minimum Gasteiger partial charge on any atom is -0.302 e. The summed E-state index contributed by atoms with van der Waals surface area (Å²) in [6.45, 7) is 2.04. The first-order chi connectivity index (χ1) is 9.13. The van der Waals surface area contributed by atoms with Crippen molar-refractivity contribution in [2.45, 2.75) is 31.7 Å². The first kappa shape index (κ1) is 12.4. The Morgan fingerprint density at radius 3 is 2.84 bits per heavy atom. The standard InChI is InChI=1S/C15H18N2O2/c1-17-7-6-10-8-11(2-3-12(10)9-17)13-4-5-14(18)16-15(13)19/h2-3,8,13H,4-7,9H2,1H3,(H,16,18,19). The molecule has 2 aliphatic rings. The Morgan fingerprint density at radius 2 is 2.05 bits per heavy atom. The molecule has 1 N–H and O–H groups in total. The van der Waals surface area contributed by atoms with Gasteiger partial charge in [-0.15, -0.1) is 0 Å². The molecule has 1 fully saturated rings. The number of benzene rings is 1. The average molecular weight is 258 g/mol. The molecule has 19 heavy (non-hydrogen) atoms. The molecule has 1 saturated heterocycles. The van der Waals surface area contributed by atoms with Crippen molar-refractivity contribution in [3.8, 4) is 0 Å². The van der Waals surface area contributed by atoms with Crippen molar-refractivity contribution in [1.29, 1.82) is 0 Å². The van der Waals surface area contributed by atoms with Crippen LogP contribution in [0.2, 0.25) is 0 Å². The van der Waals surface area contributed by atoms with E-state index in [4.69, 9.17) is 0 Å². The molecule has 2 heterocycles. The number of hydrogen-bond acceptors (Lipinski definition) is 3. The van der Waals surface area contributed by atoms with E-state index >= 15 is 0 Å². The Bertz CT molecular complexity index is 539. The second-order valence-electron chi connectivity index (χ2n) is 5.52. The maximum Gasteiger partial charge on any atom is 0.234 e. The molecule has 100 valence electrons. The van der Waals surface area contributed by atoms with Gasteiger partial charge in [0.1, 0.15) is 0 Å². The lowest BCUT2D eigenvalue weighted by atomic mass is 9.87. The molecule has 3 rings (SSSR count). The van der Waals surface area contributed by atoms with Crippen LogP contribution in [-0.2, 0) is 22.6 Å². The van der Waals surface area contributed by atoms with Gasteiger partial charge in [-0.25, -0.2) is 0 Å². The fourth-order valence-corrected chi connectivity index (χ4v) is 2.94.